The summed E-state index contributed by atoms with van der Waals surface area (Å²) in [5, 5.41) is 3.19. The lowest BCUT2D eigenvalue weighted by atomic mass is 10.2. The number of thiocarbonyl (C=S) groups is 1. The zero-order valence-corrected chi connectivity index (χ0v) is 14.2. The highest BCUT2D eigenvalue weighted by atomic mass is 32.1. The minimum absolute atomic E-state index is 0.210. The number of hydrogen-bond acceptors (Lipinski definition) is 4. The molecule has 5 nitrogen and oxygen atoms in total. The van der Waals surface area contributed by atoms with Crippen LogP contribution in [0.2, 0.25) is 0 Å². The first kappa shape index (κ1) is 18.4. The predicted molar refractivity (Wildman–Crippen MR) is 91.4 cm³/mol. The van der Waals surface area contributed by atoms with Crippen LogP contribution in [0, 0.1) is 0 Å². The fraction of sp³-hybridized carbons (Fsp3) is 0.500. The topological polar surface area (TPSA) is 50.8 Å². The van der Waals surface area contributed by atoms with Crippen LogP contribution in [-0.4, -0.2) is 48.8 Å². The molecule has 1 N–H and O–H groups in total. The summed E-state index contributed by atoms with van der Waals surface area (Å²) in [6.45, 7) is 9.18. The van der Waals surface area contributed by atoms with Gasteiger partial charge in [-0.05, 0) is 57.3 Å². The van der Waals surface area contributed by atoms with Crippen molar-refractivity contribution in [3.8, 4) is 5.75 Å². The van der Waals surface area contributed by atoms with Crippen molar-refractivity contribution in [3.63, 3.8) is 0 Å². The number of rotatable bonds is 8. The Bertz CT molecular complexity index is 473. The third-order valence-electron chi connectivity index (χ3n) is 3.09. The molecule has 0 saturated carbocycles. The lowest BCUT2D eigenvalue weighted by Crippen LogP contribution is -2.42. The van der Waals surface area contributed by atoms with Gasteiger partial charge in [-0.3, -0.25) is 10.1 Å². The fourth-order valence-corrected chi connectivity index (χ4v) is 2.18. The highest BCUT2D eigenvalue weighted by molar-refractivity contribution is 7.80. The quantitative estimate of drug-likeness (QED) is 0.588. The molecule has 0 saturated heterocycles. The van der Waals surface area contributed by atoms with Gasteiger partial charge in [-0.1, -0.05) is 0 Å². The Morgan fingerprint density at radius 2 is 1.77 bits per heavy atom. The van der Waals surface area contributed by atoms with Crippen LogP contribution >= 0.6 is 12.2 Å². The van der Waals surface area contributed by atoms with Crippen molar-refractivity contribution < 1.29 is 14.3 Å². The van der Waals surface area contributed by atoms with Crippen LogP contribution in [0.15, 0.2) is 24.3 Å². The van der Waals surface area contributed by atoms with Crippen molar-refractivity contribution in [2.75, 3.05) is 32.9 Å². The van der Waals surface area contributed by atoms with Gasteiger partial charge >= 0.3 is 0 Å². The van der Waals surface area contributed by atoms with E-state index in [1.165, 1.54) is 0 Å². The zero-order valence-electron chi connectivity index (χ0n) is 13.4. The number of nitrogens with zero attached hydrogens (tertiary/aromatic N) is 1. The smallest absolute Gasteiger partial charge is 0.257 e. The van der Waals surface area contributed by atoms with Gasteiger partial charge in [0.1, 0.15) is 12.4 Å². The Morgan fingerprint density at radius 3 is 2.32 bits per heavy atom. The minimum Gasteiger partial charge on any atom is -0.491 e. The molecule has 1 aromatic carbocycles. The van der Waals surface area contributed by atoms with E-state index in [4.69, 9.17) is 21.7 Å². The van der Waals surface area contributed by atoms with Gasteiger partial charge in [0.25, 0.3) is 5.91 Å². The molecule has 0 radical (unpaired) electrons. The van der Waals surface area contributed by atoms with E-state index in [-0.39, 0.29) is 5.91 Å². The predicted octanol–water partition coefficient (Wildman–Crippen LogP) is 2.46. The summed E-state index contributed by atoms with van der Waals surface area (Å²) in [5.74, 6) is 0.500. The van der Waals surface area contributed by atoms with Crippen molar-refractivity contribution in [2.45, 2.75) is 20.8 Å². The molecule has 0 unspecified atom stereocenters. The summed E-state index contributed by atoms with van der Waals surface area (Å²) in [6, 6.07) is 6.97. The maximum Gasteiger partial charge on any atom is 0.257 e. The maximum atomic E-state index is 12.1. The van der Waals surface area contributed by atoms with Crippen LogP contribution in [0.25, 0.3) is 0 Å². The first-order valence-corrected chi connectivity index (χ1v) is 7.94. The van der Waals surface area contributed by atoms with Gasteiger partial charge in [0.2, 0.25) is 0 Å². The third-order valence-corrected chi connectivity index (χ3v) is 3.45. The second kappa shape index (κ2) is 10.1. The molecule has 0 fully saturated rings. The highest BCUT2D eigenvalue weighted by Gasteiger charge is 2.11. The molecule has 0 aliphatic carbocycles. The molecule has 0 spiro atoms. The molecule has 122 valence electrons. The van der Waals surface area contributed by atoms with Crippen LogP contribution in [-0.2, 0) is 4.74 Å². The fourth-order valence-electron chi connectivity index (χ4n) is 1.82. The van der Waals surface area contributed by atoms with Gasteiger partial charge < -0.3 is 14.4 Å². The average Bonchev–Trinajstić information content (AvgIpc) is 2.53. The SMILES string of the molecule is CCOCCOc1ccc(C(=O)NC(=S)N(CC)CC)cc1. The van der Waals surface area contributed by atoms with Gasteiger partial charge in [-0.2, -0.15) is 0 Å². The van der Waals surface area contributed by atoms with Gasteiger partial charge in [-0.25, -0.2) is 0 Å². The van der Waals surface area contributed by atoms with E-state index < -0.39 is 0 Å². The number of hydrogen-bond donors (Lipinski definition) is 1. The molecule has 22 heavy (non-hydrogen) atoms. The molecule has 6 heteroatoms. The van der Waals surface area contributed by atoms with E-state index >= 15 is 0 Å². The van der Waals surface area contributed by atoms with E-state index in [1.807, 2.05) is 25.7 Å². The Balaban J connectivity index is 2.51. The van der Waals surface area contributed by atoms with Gasteiger partial charge in [-0.15, -0.1) is 0 Å². The van der Waals surface area contributed by atoms with Crippen LogP contribution < -0.4 is 10.1 Å². The van der Waals surface area contributed by atoms with Crippen molar-refractivity contribution in [1.29, 1.82) is 0 Å². The molecule has 0 atom stereocenters. The zero-order chi connectivity index (χ0) is 16.4. The van der Waals surface area contributed by atoms with Gasteiger partial charge in [0, 0.05) is 25.3 Å². The minimum atomic E-state index is -0.210. The molecule has 0 aliphatic rings. The summed E-state index contributed by atoms with van der Waals surface area (Å²) in [5.41, 5.74) is 0.548. The third kappa shape index (κ3) is 5.99. The van der Waals surface area contributed by atoms with E-state index in [9.17, 15) is 4.79 Å². The summed E-state index contributed by atoms with van der Waals surface area (Å²) < 4.78 is 10.7. The van der Waals surface area contributed by atoms with Crippen molar-refractivity contribution in [3.05, 3.63) is 29.8 Å². The Labute approximate surface area is 137 Å². The van der Waals surface area contributed by atoms with E-state index in [0.29, 0.717) is 36.2 Å². The number of ether oxygens (including phenoxy) is 2. The molecular formula is C16H24N2O3S. The molecule has 0 heterocycles. The van der Waals surface area contributed by atoms with Crippen molar-refractivity contribution >= 4 is 23.2 Å². The second-order valence-corrected chi connectivity index (χ2v) is 4.89. The monoisotopic (exact) mass is 324 g/mol. The Morgan fingerprint density at radius 1 is 1.14 bits per heavy atom. The summed E-state index contributed by atoms with van der Waals surface area (Å²) >= 11 is 5.21. The Hall–Kier alpha value is -1.66. The van der Waals surface area contributed by atoms with E-state index in [2.05, 4.69) is 5.32 Å². The largest absolute Gasteiger partial charge is 0.491 e. The summed E-state index contributed by atoms with van der Waals surface area (Å²) in [7, 11) is 0. The van der Waals surface area contributed by atoms with Crippen LogP contribution in [0.3, 0.4) is 0 Å². The number of benzene rings is 1. The molecule has 0 aromatic heterocycles. The van der Waals surface area contributed by atoms with Gasteiger partial charge in [0.05, 0.1) is 6.61 Å². The Kier molecular flexibility index (Phi) is 8.47. The summed E-state index contributed by atoms with van der Waals surface area (Å²) in [4.78, 5) is 14.0. The summed E-state index contributed by atoms with van der Waals surface area (Å²) in [6.07, 6.45) is 0. The lowest BCUT2D eigenvalue weighted by Gasteiger charge is -2.21. The number of carbonyl (C=O) groups excluding carboxylic acids is 1. The van der Waals surface area contributed by atoms with E-state index in [1.54, 1.807) is 24.3 Å². The molecule has 1 rings (SSSR count). The molecule has 0 aliphatic heterocycles. The number of carbonyl (C=O) groups is 1. The highest BCUT2D eigenvalue weighted by Crippen LogP contribution is 2.12. The van der Waals surface area contributed by atoms with Crippen LogP contribution in [0.4, 0.5) is 0 Å². The number of amides is 1. The molecular weight excluding hydrogens is 300 g/mol. The maximum absolute atomic E-state index is 12.1. The number of nitrogens with one attached hydrogen (secondary N) is 1. The van der Waals surface area contributed by atoms with E-state index in [0.717, 1.165) is 13.1 Å². The first-order valence-electron chi connectivity index (χ1n) is 7.53. The average molecular weight is 324 g/mol. The van der Waals surface area contributed by atoms with Crippen LogP contribution in [0.1, 0.15) is 31.1 Å². The van der Waals surface area contributed by atoms with Crippen molar-refractivity contribution in [1.82, 2.24) is 10.2 Å². The standard InChI is InChI=1S/C16H24N2O3S/c1-4-18(5-2)16(22)17-15(19)13-7-9-14(10-8-13)21-12-11-20-6-3/h7-10H,4-6,11-12H2,1-3H3,(H,17,19,22). The van der Waals surface area contributed by atoms with Crippen molar-refractivity contribution in [2.24, 2.45) is 0 Å². The van der Waals surface area contributed by atoms with Crippen LogP contribution in [0.5, 0.6) is 5.75 Å². The normalized spacial score (nSPS) is 10.1. The lowest BCUT2D eigenvalue weighted by molar-refractivity contribution is 0.0973. The first-order chi connectivity index (χ1) is 10.6. The second-order valence-electron chi connectivity index (χ2n) is 4.50. The molecule has 1 aromatic rings. The molecule has 1 amide bonds. The molecule has 0 bridgehead atoms. The van der Waals surface area contributed by atoms with Gasteiger partial charge in [0.15, 0.2) is 5.11 Å².